The molecule has 0 aliphatic carbocycles. The second kappa shape index (κ2) is 4.70. The lowest BCUT2D eigenvalue weighted by atomic mass is 9.85. The summed E-state index contributed by atoms with van der Waals surface area (Å²) in [4.78, 5) is 12.3. The lowest BCUT2D eigenvalue weighted by Gasteiger charge is -2.25. The van der Waals surface area contributed by atoms with E-state index in [1.54, 1.807) is 16.9 Å². The van der Waals surface area contributed by atoms with Crippen molar-refractivity contribution in [2.45, 2.75) is 32.9 Å². The Morgan fingerprint density at radius 1 is 1.72 bits per heavy atom. The highest BCUT2D eigenvalue weighted by atomic mass is 16.5. The number of anilines is 1. The predicted molar refractivity (Wildman–Crippen MR) is 68.1 cm³/mol. The van der Waals surface area contributed by atoms with Crippen molar-refractivity contribution < 1.29 is 9.53 Å². The molecule has 2 rings (SSSR count). The number of ether oxygens (including phenoxy) is 1. The smallest absolute Gasteiger partial charge is 0.235 e. The van der Waals surface area contributed by atoms with Crippen molar-refractivity contribution in [3.05, 3.63) is 12.3 Å². The molecule has 1 aliphatic heterocycles. The number of nitrogens with zero attached hydrogens (tertiary/aromatic N) is 2. The molecule has 1 amide bonds. The van der Waals surface area contributed by atoms with Gasteiger partial charge in [-0.1, -0.05) is 0 Å². The van der Waals surface area contributed by atoms with Gasteiger partial charge >= 0.3 is 0 Å². The zero-order valence-corrected chi connectivity index (χ0v) is 11.0. The van der Waals surface area contributed by atoms with Crippen molar-refractivity contribution in [3.8, 4) is 0 Å². The van der Waals surface area contributed by atoms with Crippen molar-refractivity contribution >= 4 is 11.7 Å². The molecule has 0 aromatic carbocycles. The summed E-state index contributed by atoms with van der Waals surface area (Å²) in [5, 5.41) is 7.06. The number of nitrogens with one attached hydrogen (secondary N) is 1. The van der Waals surface area contributed by atoms with Gasteiger partial charge in [0.1, 0.15) is 5.82 Å². The van der Waals surface area contributed by atoms with Crippen LogP contribution < -0.4 is 11.1 Å². The van der Waals surface area contributed by atoms with Crippen LogP contribution in [0.3, 0.4) is 0 Å². The van der Waals surface area contributed by atoms with Crippen LogP contribution in [-0.4, -0.2) is 34.9 Å². The molecule has 0 bridgehead atoms. The summed E-state index contributed by atoms with van der Waals surface area (Å²) >= 11 is 0. The van der Waals surface area contributed by atoms with Gasteiger partial charge < -0.3 is 15.8 Å². The first-order valence-electron chi connectivity index (χ1n) is 6.13. The van der Waals surface area contributed by atoms with Gasteiger partial charge in [-0.15, -0.1) is 0 Å². The zero-order chi connectivity index (χ0) is 13.3. The minimum atomic E-state index is -0.675. The van der Waals surface area contributed by atoms with E-state index < -0.39 is 5.41 Å². The fraction of sp³-hybridized carbons (Fsp3) is 0.667. The van der Waals surface area contributed by atoms with Crippen molar-refractivity contribution in [2.24, 2.45) is 11.1 Å². The Hall–Kier alpha value is -1.40. The first kappa shape index (κ1) is 13.0. The number of carbonyl (C=O) groups excluding carboxylic acids is 1. The molecular formula is C12H20N4O2. The minimum absolute atomic E-state index is 0.116. The fourth-order valence-electron chi connectivity index (χ4n) is 2.01. The number of aromatic nitrogens is 2. The topological polar surface area (TPSA) is 82.2 Å². The normalized spacial score (nSPS) is 27.7. The molecule has 2 heterocycles. The Kier molecular flexibility index (Phi) is 3.41. The quantitative estimate of drug-likeness (QED) is 0.832. The summed E-state index contributed by atoms with van der Waals surface area (Å²) < 4.78 is 7.05. The number of hydrogen-bond acceptors (Lipinski definition) is 4. The van der Waals surface area contributed by atoms with Gasteiger partial charge in [-0.05, 0) is 20.8 Å². The Bertz CT molecular complexity index is 443. The van der Waals surface area contributed by atoms with E-state index in [9.17, 15) is 4.79 Å². The van der Waals surface area contributed by atoms with Crippen LogP contribution in [0.5, 0.6) is 0 Å². The van der Waals surface area contributed by atoms with Gasteiger partial charge in [0, 0.05) is 18.2 Å². The summed E-state index contributed by atoms with van der Waals surface area (Å²) in [5.74, 6) is 0.574. The van der Waals surface area contributed by atoms with Crippen molar-refractivity contribution in [2.75, 3.05) is 18.5 Å². The van der Waals surface area contributed by atoms with E-state index in [2.05, 4.69) is 10.4 Å². The maximum absolute atomic E-state index is 12.3. The second-order valence-corrected chi connectivity index (χ2v) is 5.25. The summed E-state index contributed by atoms with van der Waals surface area (Å²) in [7, 11) is 0. The minimum Gasteiger partial charge on any atom is -0.379 e. The SMILES string of the molecule is CC(C)n1nccc1NC(=O)C1(C)COCC1N. The molecule has 1 aliphatic rings. The second-order valence-electron chi connectivity index (χ2n) is 5.25. The summed E-state index contributed by atoms with van der Waals surface area (Å²) in [6.07, 6.45) is 1.67. The van der Waals surface area contributed by atoms with Gasteiger partial charge in [0.05, 0.1) is 24.8 Å². The molecule has 0 saturated carbocycles. The maximum Gasteiger partial charge on any atom is 0.235 e. The van der Waals surface area contributed by atoms with Crippen LogP contribution in [0.15, 0.2) is 12.3 Å². The standard InChI is InChI=1S/C12H20N4O2/c1-8(2)16-10(4-5-14-16)15-11(17)12(3)7-18-6-9(12)13/h4-5,8-9H,6-7,13H2,1-3H3,(H,15,17). The molecule has 6 nitrogen and oxygen atoms in total. The first-order chi connectivity index (χ1) is 8.45. The number of hydrogen-bond donors (Lipinski definition) is 2. The largest absolute Gasteiger partial charge is 0.379 e. The molecule has 100 valence electrons. The lowest BCUT2D eigenvalue weighted by Crippen LogP contribution is -2.47. The van der Waals surface area contributed by atoms with Gasteiger partial charge in [0.25, 0.3) is 0 Å². The number of rotatable bonds is 3. The highest BCUT2D eigenvalue weighted by Gasteiger charge is 2.44. The van der Waals surface area contributed by atoms with Crippen molar-refractivity contribution in [3.63, 3.8) is 0 Å². The summed E-state index contributed by atoms with van der Waals surface area (Å²) in [6.45, 7) is 6.63. The van der Waals surface area contributed by atoms with Crippen LogP contribution in [0.4, 0.5) is 5.82 Å². The molecule has 2 atom stereocenters. The third-order valence-corrected chi connectivity index (χ3v) is 3.44. The molecule has 0 spiro atoms. The third kappa shape index (κ3) is 2.13. The molecule has 3 N–H and O–H groups in total. The monoisotopic (exact) mass is 252 g/mol. The molecule has 0 radical (unpaired) electrons. The maximum atomic E-state index is 12.3. The Morgan fingerprint density at radius 2 is 2.44 bits per heavy atom. The Balaban J connectivity index is 2.14. The summed E-state index contributed by atoms with van der Waals surface area (Å²) in [5.41, 5.74) is 5.26. The van der Waals surface area contributed by atoms with Gasteiger partial charge in [-0.2, -0.15) is 5.10 Å². The van der Waals surface area contributed by atoms with Gasteiger partial charge in [-0.3, -0.25) is 4.79 Å². The highest BCUT2D eigenvalue weighted by Crippen LogP contribution is 2.29. The number of carbonyl (C=O) groups is 1. The van der Waals surface area contributed by atoms with Crippen LogP contribution in [0, 0.1) is 5.41 Å². The van der Waals surface area contributed by atoms with Gasteiger partial charge in [0.15, 0.2) is 0 Å². The molecule has 1 aromatic heterocycles. The third-order valence-electron chi connectivity index (χ3n) is 3.44. The van der Waals surface area contributed by atoms with Gasteiger partial charge in [-0.25, -0.2) is 4.68 Å². The average molecular weight is 252 g/mol. The fourth-order valence-corrected chi connectivity index (χ4v) is 2.01. The molecule has 18 heavy (non-hydrogen) atoms. The Labute approximate surface area is 106 Å². The first-order valence-corrected chi connectivity index (χ1v) is 6.13. The van der Waals surface area contributed by atoms with Crippen molar-refractivity contribution in [1.82, 2.24) is 9.78 Å². The molecule has 1 aromatic rings. The van der Waals surface area contributed by atoms with Crippen LogP contribution in [0.2, 0.25) is 0 Å². The van der Waals surface area contributed by atoms with E-state index >= 15 is 0 Å². The van der Waals surface area contributed by atoms with E-state index in [1.807, 2.05) is 20.8 Å². The molecule has 6 heteroatoms. The number of amides is 1. The van der Waals surface area contributed by atoms with E-state index in [1.165, 1.54) is 0 Å². The number of nitrogens with two attached hydrogens (primary N) is 1. The van der Waals surface area contributed by atoms with E-state index in [0.29, 0.717) is 19.0 Å². The Morgan fingerprint density at radius 3 is 3.00 bits per heavy atom. The molecule has 1 saturated heterocycles. The van der Waals surface area contributed by atoms with Gasteiger partial charge in [0.2, 0.25) is 5.91 Å². The predicted octanol–water partition coefficient (Wildman–Crippen LogP) is 0.766. The average Bonchev–Trinajstić information content (AvgIpc) is 2.88. The van der Waals surface area contributed by atoms with E-state index in [-0.39, 0.29) is 18.0 Å². The zero-order valence-electron chi connectivity index (χ0n) is 11.0. The van der Waals surface area contributed by atoms with Crippen molar-refractivity contribution in [1.29, 1.82) is 0 Å². The van der Waals surface area contributed by atoms with Crippen LogP contribution >= 0.6 is 0 Å². The van der Waals surface area contributed by atoms with E-state index in [4.69, 9.17) is 10.5 Å². The van der Waals surface area contributed by atoms with Crippen LogP contribution in [-0.2, 0) is 9.53 Å². The molecular weight excluding hydrogens is 232 g/mol. The van der Waals surface area contributed by atoms with E-state index in [0.717, 1.165) is 0 Å². The van der Waals surface area contributed by atoms with Crippen LogP contribution in [0.25, 0.3) is 0 Å². The summed E-state index contributed by atoms with van der Waals surface area (Å²) in [6, 6.07) is 1.70. The molecule has 2 unspecified atom stereocenters. The van der Waals surface area contributed by atoms with Crippen LogP contribution in [0.1, 0.15) is 26.8 Å². The lowest BCUT2D eigenvalue weighted by molar-refractivity contribution is -0.125. The highest BCUT2D eigenvalue weighted by molar-refractivity contribution is 5.95. The molecule has 1 fully saturated rings.